The summed E-state index contributed by atoms with van der Waals surface area (Å²) >= 11 is 5.23. The fourth-order valence-electron chi connectivity index (χ4n) is 1.59. The lowest BCUT2D eigenvalue weighted by molar-refractivity contribution is 0.545. The third kappa shape index (κ3) is 3.14. The lowest BCUT2D eigenvalue weighted by atomic mass is 10.3. The van der Waals surface area contributed by atoms with Crippen molar-refractivity contribution >= 4 is 27.3 Å². The molecule has 2 aromatic rings. The molecular formula is C11H15BrN4S. The molecule has 0 spiro atoms. The first-order valence-electron chi connectivity index (χ1n) is 5.56. The molecule has 92 valence electrons. The highest BCUT2D eigenvalue weighted by Crippen LogP contribution is 2.27. The number of hydrogen-bond donors (Lipinski definition) is 1. The number of aryl methyl sites for hydroxylation is 1. The molecule has 0 aromatic carbocycles. The van der Waals surface area contributed by atoms with Crippen molar-refractivity contribution in [2.45, 2.75) is 33.0 Å². The smallest absolute Gasteiger partial charge is 0.146 e. The van der Waals surface area contributed by atoms with Crippen LogP contribution >= 0.6 is 27.3 Å². The topological polar surface area (TPSA) is 42.7 Å². The zero-order valence-electron chi connectivity index (χ0n) is 9.85. The maximum absolute atomic E-state index is 4.10. The molecule has 0 bridgehead atoms. The van der Waals surface area contributed by atoms with E-state index in [9.17, 15) is 0 Å². The summed E-state index contributed by atoms with van der Waals surface area (Å²) in [6, 6.07) is 4.54. The van der Waals surface area contributed by atoms with Crippen LogP contribution in [-0.2, 0) is 13.1 Å². The van der Waals surface area contributed by atoms with Gasteiger partial charge in [-0.2, -0.15) is 0 Å². The van der Waals surface area contributed by atoms with Crippen molar-refractivity contribution in [3.8, 4) is 0 Å². The zero-order chi connectivity index (χ0) is 12.3. The van der Waals surface area contributed by atoms with E-state index in [-0.39, 0.29) is 0 Å². The van der Waals surface area contributed by atoms with Gasteiger partial charge in [-0.1, -0.05) is 0 Å². The van der Waals surface area contributed by atoms with Gasteiger partial charge in [0.2, 0.25) is 0 Å². The van der Waals surface area contributed by atoms with Gasteiger partial charge in [-0.15, -0.1) is 21.5 Å². The second-order valence-electron chi connectivity index (χ2n) is 3.78. The van der Waals surface area contributed by atoms with Crippen LogP contribution in [0.3, 0.4) is 0 Å². The van der Waals surface area contributed by atoms with Crippen LogP contribution in [0.4, 0.5) is 0 Å². The fourth-order valence-corrected chi connectivity index (χ4v) is 3.04. The van der Waals surface area contributed by atoms with E-state index in [4.69, 9.17) is 0 Å². The summed E-state index contributed by atoms with van der Waals surface area (Å²) in [4.78, 5) is 1.32. The number of hydrogen-bond acceptors (Lipinski definition) is 4. The fraction of sp³-hybridized carbons (Fsp3) is 0.455. The number of rotatable bonds is 5. The summed E-state index contributed by atoms with van der Waals surface area (Å²) in [6.07, 6.45) is 1.77. The monoisotopic (exact) mass is 314 g/mol. The zero-order valence-corrected chi connectivity index (χ0v) is 12.3. The normalized spacial score (nSPS) is 12.9. The number of thiophene rings is 1. The number of nitrogens with zero attached hydrogens (tertiary/aromatic N) is 3. The van der Waals surface area contributed by atoms with Crippen molar-refractivity contribution in [1.29, 1.82) is 0 Å². The average molecular weight is 315 g/mol. The van der Waals surface area contributed by atoms with Crippen LogP contribution in [0.1, 0.15) is 30.6 Å². The van der Waals surface area contributed by atoms with E-state index in [1.807, 2.05) is 4.57 Å². The average Bonchev–Trinajstić information content (AvgIpc) is 2.94. The Bertz CT molecular complexity index is 479. The van der Waals surface area contributed by atoms with Crippen LogP contribution in [-0.4, -0.2) is 14.8 Å². The second kappa shape index (κ2) is 5.75. The predicted molar refractivity (Wildman–Crippen MR) is 73.0 cm³/mol. The van der Waals surface area contributed by atoms with E-state index in [0.717, 1.165) is 22.7 Å². The van der Waals surface area contributed by atoms with Crippen LogP contribution in [0.25, 0.3) is 0 Å². The first-order valence-corrected chi connectivity index (χ1v) is 7.17. The summed E-state index contributed by atoms with van der Waals surface area (Å²) < 4.78 is 3.21. The van der Waals surface area contributed by atoms with Crippen molar-refractivity contribution in [2.75, 3.05) is 0 Å². The molecule has 17 heavy (non-hydrogen) atoms. The third-order valence-corrected chi connectivity index (χ3v) is 4.43. The molecule has 0 saturated heterocycles. The van der Waals surface area contributed by atoms with Gasteiger partial charge in [0.25, 0.3) is 0 Å². The largest absolute Gasteiger partial charge is 0.317 e. The third-order valence-electron chi connectivity index (χ3n) is 2.62. The van der Waals surface area contributed by atoms with E-state index in [1.54, 1.807) is 17.7 Å². The lowest BCUT2D eigenvalue weighted by Crippen LogP contribution is -2.19. The minimum absolute atomic E-state index is 0.327. The van der Waals surface area contributed by atoms with Gasteiger partial charge in [0.1, 0.15) is 12.2 Å². The molecule has 0 saturated carbocycles. The van der Waals surface area contributed by atoms with Crippen LogP contribution in [0.5, 0.6) is 0 Å². The van der Waals surface area contributed by atoms with Crippen molar-refractivity contribution < 1.29 is 0 Å². The summed E-state index contributed by atoms with van der Waals surface area (Å²) in [5, 5.41) is 11.5. The molecule has 0 amide bonds. The summed E-state index contributed by atoms with van der Waals surface area (Å²) in [6.45, 7) is 5.89. The number of aromatic nitrogens is 3. The number of halogens is 1. The Morgan fingerprint density at radius 3 is 3.00 bits per heavy atom. The summed E-state index contributed by atoms with van der Waals surface area (Å²) in [5.74, 6) is 0.981. The molecule has 4 nitrogen and oxygen atoms in total. The van der Waals surface area contributed by atoms with Crippen molar-refractivity contribution in [2.24, 2.45) is 0 Å². The molecule has 0 fully saturated rings. The maximum atomic E-state index is 4.10. The van der Waals surface area contributed by atoms with Crippen LogP contribution in [0.15, 0.2) is 22.2 Å². The Hall–Kier alpha value is -0.720. The molecule has 0 radical (unpaired) electrons. The molecule has 0 aliphatic carbocycles. The van der Waals surface area contributed by atoms with Gasteiger partial charge < -0.3 is 9.88 Å². The van der Waals surface area contributed by atoms with E-state index < -0.39 is 0 Å². The van der Waals surface area contributed by atoms with Crippen LogP contribution in [0, 0.1) is 0 Å². The Morgan fingerprint density at radius 2 is 2.35 bits per heavy atom. The van der Waals surface area contributed by atoms with Crippen molar-refractivity contribution in [3.05, 3.63) is 32.9 Å². The van der Waals surface area contributed by atoms with E-state index in [2.05, 4.69) is 57.4 Å². The van der Waals surface area contributed by atoms with Crippen molar-refractivity contribution in [1.82, 2.24) is 20.1 Å². The van der Waals surface area contributed by atoms with E-state index >= 15 is 0 Å². The second-order valence-corrected chi connectivity index (χ2v) is 6.27. The van der Waals surface area contributed by atoms with E-state index in [0.29, 0.717) is 6.04 Å². The Labute approximate surface area is 113 Å². The molecule has 0 aliphatic rings. The summed E-state index contributed by atoms with van der Waals surface area (Å²) in [5.41, 5.74) is 0. The maximum Gasteiger partial charge on any atom is 0.146 e. The highest BCUT2D eigenvalue weighted by atomic mass is 79.9. The standard InChI is InChI=1S/C11H15BrN4S/c1-3-16-7-14-15-11(16)6-13-8(2)9-4-5-10(12)17-9/h4-5,7-8,13H,3,6H2,1-2H3. The van der Waals surface area contributed by atoms with Gasteiger partial charge in [0, 0.05) is 17.5 Å². The predicted octanol–water partition coefficient (Wildman–Crippen LogP) is 2.97. The molecule has 1 N–H and O–H groups in total. The molecule has 2 rings (SSSR count). The lowest BCUT2D eigenvalue weighted by Gasteiger charge is -2.11. The Kier molecular flexibility index (Phi) is 4.31. The van der Waals surface area contributed by atoms with Crippen molar-refractivity contribution in [3.63, 3.8) is 0 Å². The van der Waals surface area contributed by atoms with Crippen LogP contribution in [0.2, 0.25) is 0 Å². The molecular weight excluding hydrogens is 300 g/mol. The minimum atomic E-state index is 0.327. The number of nitrogens with one attached hydrogen (secondary N) is 1. The summed E-state index contributed by atoms with van der Waals surface area (Å²) in [7, 11) is 0. The molecule has 0 aliphatic heterocycles. The van der Waals surface area contributed by atoms with Gasteiger partial charge in [-0.3, -0.25) is 0 Å². The minimum Gasteiger partial charge on any atom is -0.317 e. The van der Waals surface area contributed by atoms with Gasteiger partial charge in [0.05, 0.1) is 10.3 Å². The molecule has 1 unspecified atom stereocenters. The van der Waals surface area contributed by atoms with Gasteiger partial charge in [0.15, 0.2) is 0 Å². The Balaban J connectivity index is 1.94. The SMILES string of the molecule is CCn1cnnc1CNC(C)c1ccc(Br)s1. The highest BCUT2D eigenvalue weighted by Gasteiger charge is 2.09. The van der Waals surface area contributed by atoms with Gasteiger partial charge in [-0.05, 0) is 41.9 Å². The molecule has 6 heteroatoms. The van der Waals surface area contributed by atoms with Gasteiger partial charge >= 0.3 is 0 Å². The van der Waals surface area contributed by atoms with Crippen LogP contribution < -0.4 is 5.32 Å². The molecule has 2 aromatic heterocycles. The first-order chi connectivity index (χ1) is 8.20. The Morgan fingerprint density at radius 1 is 1.53 bits per heavy atom. The van der Waals surface area contributed by atoms with Gasteiger partial charge in [-0.25, -0.2) is 0 Å². The molecule has 2 heterocycles. The first kappa shape index (κ1) is 12.7. The molecule has 1 atom stereocenters. The highest BCUT2D eigenvalue weighted by molar-refractivity contribution is 9.11. The quantitative estimate of drug-likeness (QED) is 0.922. The van der Waals surface area contributed by atoms with E-state index in [1.165, 1.54) is 4.88 Å².